The average molecular weight is 1020 g/mol. The highest BCUT2D eigenvalue weighted by Crippen LogP contribution is 2.43. The highest BCUT2D eigenvalue weighted by atomic mass is 31.2. The molecule has 3 unspecified atom stereocenters. The fourth-order valence-corrected chi connectivity index (χ4v) is 8.14. The second-order valence-corrected chi connectivity index (χ2v) is 21.4. The lowest BCUT2D eigenvalue weighted by Crippen LogP contribution is -2.45. The lowest BCUT2D eigenvalue weighted by molar-refractivity contribution is -0.870. The first-order chi connectivity index (χ1) is 35.0. The molecule has 0 bridgehead atoms. The van der Waals surface area contributed by atoms with Gasteiger partial charge in [0.05, 0.1) is 39.9 Å². The van der Waals surface area contributed by atoms with Crippen molar-refractivity contribution in [3.63, 3.8) is 0 Å². The van der Waals surface area contributed by atoms with Crippen LogP contribution in [0.5, 0.6) is 0 Å². The second kappa shape index (κ2) is 52.5. The number of quaternary nitrogens is 1. The molecule has 0 aromatic rings. The molecule has 0 aromatic carbocycles. The van der Waals surface area contributed by atoms with E-state index in [-0.39, 0.29) is 19.1 Å². The smallest absolute Gasteiger partial charge is 0.387 e. The minimum atomic E-state index is -4.36. The number of aliphatic hydroxyl groups excluding tert-OH is 1. The third-order valence-corrected chi connectivity index (χ3v) is 12.8. The van der Waals surface area contributed by atoms with E-state index in [0.717, 1.165) is 103 Å². The summed E-state index contributed by atoms with van der Waals surface area (Å²) in [6.45, 7) is 4.63. The molecule has 0 saturated heterocycles. The molecule has 0 aliphatic carbocycles. The maximum Gasteiger partial charge on any atom is 0.472 e. The Morgan fingerprint density at radius 1 is 0.486 bits per heavy atom. The summed E-state index contributed by atoms with van der Waals surface area (Å²) in [5.41, 5.74) is 0. The summed E-state index contributed by atoms with van der Waals surface area (Å²) in [5.74, 6) is -0.198. The van der Waals surface area contributed by atoms with Gasteiger partial charge in [0.2, 0.25) is 5.91 Å². The number of rotatable bonds is 50. The normalized spacial score (nSPS) is 14.9. The summed E-state index contributed by atoms with van der Waals surface area (Å²) < 4.78 is 23.6. The van der Waals surface area contributed by atoms with Crippen LogP contribution in [-0.4, -0.2) is 73.4 Å². The van der Waals surface area contributed by atoms with Crippen molar-refractivity contribution in [2.24, 2.45) is 0 Å². The van der Waals surface area contributed by atoms with Crippen molar-refractivity contribution in [3.8, 4) is 0 Å². The monoisotopic (exact) mass is 1020 g/mol. The van der Waals surface area contributed by atoms with Gasteiger partial charge in [-0.3, -0.25) is 13.8 Å². The average Bonchev–Trinajstić information content (AvgIpc) is 3.34. The molecule has 0 heterocycles. The van der Waals surface area contributed by atoms with E-state index in [1.165, 1.54) is 83.5 Å². The Bertz CT molecular complexity index is 1630. The van der Waals surface area contributed by atoms with Crippen molar-refractivity contribution in [3.05, 3.63) is 134 Å². The predicted octanol–water partition coefficient (Wildman–Crippen LogP) is 17.5. The number of unbranched alkanes of at least 4 members (excludes halogenated alkanes) is 17. The van der Waals surface area contributed by atoms with Crippen LogP contribution < -0.4 is 5.32 Å². The molecular formula is C63H108N2O6P+. The van der Waals surface area contributed by atoms with Crippen molar-refractivity contribution < 1.29 is 32.9 Å². The molecule has 3 N–H and O–H groups in total. The molecule has 0 radical (unpaired) electrons. The molecule has 0 aromatic heterocycles. The van der Waals surface area contributed by atoms with E-state index in [0.29, 0.717) is 17.4 Å². The van der Waals surface area contributed by atoms with Gasteiger partial charge >= 0.3 is 7.82 Å². The molecule has 0 spiro atoms. The largest absolute Gasteiger partial charge is 0.472 e. The zero-order valence-electron chi connectivity index (χ0n) is 46.6. The number of aliphatic hydroxyl groups is 1. The Balaban J connectivity index is 4.07. The standard InChI is InChI=1S/C63H107N2O6P/c1-6-8-10-12-14-16-18-19-20-21-22-23-24-25-26-27-28-29-30-31-32-33-34-35-36-37-38-39-40-41-42-43-44-45-47-49-51-53-55-57-63(67)64-61(60-71-72(68,69)70-59-58-65(3,4)5)62(66)56-54-52-50-48-46-17-15-13-11-9-7-2/h8,10,14,16,19-20,22-23,25-26,28-29,31-32,34-35,37-38,46,48,54,56,61-62,66H,6-7,9,11-13,15,17-18,21,24,27,30,33,36,39-45,47,49-53,55,57-60H2,1-5H3,(H-,64,67,68,69)/p+1/b10-8-,16-14-,20-19-,23-22-,26-25-,29-28-,32-31-,35-34-,38-37-,48-46+,56-54+. The molecule has 8 nitrogen and oxygen atoms in total. The van der Waals surface area contributed by atoms with E-state index in [1.807, 2.05) is 27.2 Å². The molecular weight excluding hydrogens is 912 g/mol. The van der Waals surface area contributed by atoms with E-state index in [2.05, 4.69) is 141 Å². The first-order valence-corrected chi connectivity index (χ1v) is 30.1. The summed E-state index contributed by atoms with van der Waals surface area (Å²) in [6.07, 6.45) is 80.0. The quantitative estimate of drug-likeness (QED) is 0.0243. The summed E-state index contributed by atoms with van der Waals surface area (Å²) in [4.78, 5) is 23.2. The van der Waals surface area contributed by atoms with Crippen molar-refractivity contribution >= 4 is 13.7 Å². The fourth-order valence-electron chi connectivity index (χ4n) is 7.40. The van der Waals surface area contributed by atoms with Gasteiger partial charge in [-0.15, -0.1) is 0 Å². The van der Waals surface area contributed by atoms with Gasteiger partial charge in [0.15, 0.2) is 0 Å². The lowest BCUT2D eigenvalue weighted by atomic mass is 10.0. The fraction of sp³-hybridized carbons (Fsp3) is 0.635. The number of phosphoric ester groups is 1. The van der Waals surface area contributed by atoms with Crippen LogP contribution in [-0.2, 0) is 18.4 Å². The van der Waals surface area contributed by atoms with Crippen LogP contribution >= 0.6 is 7.82 Å². The number of hydrogen-bond donors (Lipinski definition) is 3. The highest BCUT2D eigenvalue weighted by Gasteiger charge is 2.27. The summed E-state index contributed by atoms with van der Waals surface area (Å²) >= 11 is 0. The number of carbonyl (C=O) groups excluding carboxylic acids is 1. The molecule has 0 rings (SSSR count). The molecule has 0 saturated carbocycles. The van der Waals surface area contributed by atoms with Crippen LogP contribution in [0.1, 0.15) is 206 Å². The number of amides is 1. The SMILES string of the molecule is CC/C=C\C/C=C\C/C=C\C/C=C\C/C=C\C/C=C\C/C=C\C/C=C\C/C=C\CCCCCCCCCCCCCC(=O)NC(COP(=O)(O)OCC[N+](C)(C)C)C(O)/C=C/CC/C=C/CCCCCCC. The number of nitrogens with one attached hydrogen (secondary N) is 1. The molecule has 0 aliphatic heterocycles. The predicted molar refractivity (Wildman–Crippen MR) is 313 cm³/mol. The van der Waals surface area contributed by atoms with Gasteiger partial charge in [0.1, 0.15) is 13.2 Å². The zero-order chi connectivity index (χ0) is 52.7. The van der Waals surface area contributed by atoms with Gasteiger partial charge in [-0.25, -0.2) is 4.57 Å². The summed E-state index contributed by atoms with van der Waals surface area (Å²) in [5, 5.41) is 13.8. The highest BCUT2D eigenvalue weighted by molar-refractivity contribution is 7.47. The molecule has 3 atom stereocenters. The topological polar surface area (TPSA) is 105 Å². The van der Waals surface area contributed by atoms with Gasteiger partial charge in [0, 0.05) is 6.42 Å². The van der Waals surface area contributed by atoms with Crippen molar-refractivity contribution in [1.29, 1.82) is 0 Å². The number of carbonyl (C=O) groups is 1. The lowest BCUT2D eigenvalue weighted by Gasteiger charge is -2.25. The Hall–Kier alpha value is -3.36. The van der Waals surface area contributed by atoms with Crippen LogP contribution in [0, 0.1) is 0 Å². The van der Waals surface area contributed by atoms with Crippen LogP contribution in [0.4, 0.5) is 0 Å². The number of hydrogen-bond acceptors (Lipinski definition) is 5. The van der Waals surface area contributed by atoms with E-state index >= 15 is 0 Å². The molecule has 410 valence electrons. The Morgan fingerprint density at radius 2 is 0.847 bits per heavy atom. The third kappa shape index (κ3) is 54.4. The van der Waals surface area contributed by atoms with Crippen LogP contribution in [0.2, 0.25) is 0 Å². The number of allylic oxidation sites excluding steroid dienone is 21. The van der Waals surface area contributed by atoms with Crippen molar-refractivity contribution in [1.82, 2.24) is 5.32 Å². The number of nitrogens with zero attached hydrogens (tertiary/aromatic N) is 1. The minimum absolute atomic E-state index is 0.0494. The Kier molecular flexibility index (Phi) is 50.1. The number of likely N-dealkylation sites (N-methyl/N-ethyl adjacent to an activating group) is 1. The molecule has 72 heavy (non-hydrogen) atoms. The zero-order valence-corrected chi connectivity index (χ0v) is 47.5. The van der Waals surface area contributed by atoms with Gasteiger partial charge in [-0.05, 0) is 103 Å². The van der Waals surface area contributed by atoms with E-state index in [4.69, 9.17) is 9.05 Å². The first-order valence-electron chi connectivity index (χ1n) is 28.6. The van der Waals surface area contributed by atoms with Gasteiger partial charge in [0.25, 0.3) is 0 Å². The molecule has 9 heteroatoms. The third-order valence-electron chi connectivity index (χ3n) is 11.9. The maximum absolute atomic E-state index is 12.9. The summed E-state index contributed by atoms with van der Waals surface area (Å²) in [7, 11) is 1.53. The van der Waals surface area contributed by atoms with E-state index in [9.17, 15) is 19.4 Å². The Morgan fingerprint density at radius 3 is 1.28 bits per heavy atom. The van der Waals surface area contributed by atoms with E-state index < -0.39 is 20.0 Å². The summed E-state index contributed by atoms with van der Waals surface area (Å²) in [6, 6.07) is -0.872. The van der Waals surface area contributed by atoms with Gasteiger partial charge in [-0.1, -0.05) is 231 Å². The van der Waals surface area contributed by atoms with Gasteiger partial charge in [-0.2, -0.15) is 0 Å². The van der Waals surface area contributed by atoms with Crippen molar-refractivity contribution in [2.75, 3.05) is 40.9 Å². The maximum atomic E-state index is 12.9. The first kappa shape index (κ1) is 68.6. The van der Waals surface area contributed by atoms with Gasteiger partial charge < -0.3 is 19.8 Å². The minimum Gasteiger partial charge on any atom is -0.387 e. The van der Waals surface area contributed by atoms with Crippen LogP contribution in [0.25, 0.3) is 0 Å². The van der Waals surface area contributed by atoms with Crippen LogP contribution in [0.3, 0.4) is 0 Å². The number of phosphoric acid groups is 1. The van der Waals surface area contributed by atoms with Crippen LogP contribution in [0.15, 0.2) is 134 Å². The second-order valence-electron chi connectivity index (χ2n) is 19.9. The molecule has 1 amide bonds. The van der Waals surface area contributed by atoms with Crippen molar-refractivity contribution in [2.45, 2.75) is 219 Å². The molecule has 0 fully saturated rings. The van der Waals surface area contributed by atoms with E-state index in [1.54, 1.807) is 6.08 Å². The Labute approximate surface area is 443 Å². The molecule has 0 aliphatic rings.